The molecule has 0 saturated carbocycles. The van der Waals surface area contributed by atoms with Gasteiger partial charge in [0.2, 0.25) is 0 Å². The van der Waals surface area contributed by atoms with Crippen molar-refractivity contribution in [3.05, 3.63) is 41.6 Å². The first-order chi connectivity index (χ1) is 9.10. The van der Waals surface area contributed by atoms with Crippen LogP contribution in [-0.2, 0) is 25.7 Å². The number of carbonyl (C=O) groups is 2. The Morgan fingerprint density at radius 2 is 2.05 bits per heavy atom. The Hall–Kier alpha value is -2.34. The van der Waals surface area contributed by atoms with Crippen molar-refractivity contribution in [3.63, 3.8) is 0 Å². The van der Waals surface area contributed by atoms with Crippen LogP contribution in [0.1, 0.15) is 5.56 Å². The molecule has 0 spiro atoms. The molecule has 0 fully saturated rings. The molecule has 6 nitrogen and oxygen atoms in total. The van der Waals surface area contributed by atoms with Gasteiger partial charge in [0.05, 0.1) is 26.9 Å². The van der Waals surface area contributed by atoms with E-state index in [1.807, 2.05) is 0 Å². The molecule has 6 heteroatoms. The van der Waals surface area contributed by atoms with Gasteiger partial charge in [-0.25, -0.2) is 9.59 Å². The summed E-state index contributed by atoms with van der Waals surface area (Å²) in [7, 11) is 2.42. The predicted molar refractivity (Wildman–Crippen MR) is 68.1 cm³/mol. The Bertz CT molecular complexity index is 496. The van der Waals surface area contributed by atoms with Crippen LogP contribution in [0.4, 0.5) is 5.69 Å². The van der Waals surface area contributed by atoms with Gasteiger partial charge in [0.1, 0.15) is 5.70 Å². The van der Waals surface area contributed by atoms with Gasteiger partial charge in [-0.2, -0.15) is 0 Å². The lowest BCUT2D eigenvalue weighted by atomic mass is 10.2. The SMILES string of the molecule is COC(=O)/C=C(/Nc1cccc(CO)c1)C(=O)OC. The van der Waals surface area contributed by atoms with E-state index >= 15 is 0 Å². The topological polar surface area (TPSA) is 84.9 Å². The van der Waals surface area contributed by atoms with E-state index in [4.69, 9.17) is 5.11 Å². The molecular weight excluding hydrogens is 250 g/mol. The summed E-state index contributed by atoms with van der Waals surface area (Å²) < 4.78 is 9.01. The van der Waals surface area contributed by atoms with Crippen LogP contribution in [0.2, 0.25) is 0 Å². The fourth-order valence-corrected chi connectivity index (χ4v) is 1.34. The molecule has 0 aliphatic rings. The van der Waals surface area contributed by atoms with Crippen molar-refractivity contribution < 1.29 is 24.2 Å². The predicted octanol–water partition coefficient (Wildman–Crippen LogP) is 0.821. The molecule has 19 heavy (non-hydrogen) atoms. The van der Waals surface area contributed by atoms with E-state index in [1.54, 1.807) is 24.3 Å². The highest BCUT2D eigenvalue weighted by Crippen LogP contribution is 2.13. The lowest BCUT2D eigenvalue weighted by Crippen LogP contribution is -2.15. The third-order valence-corrected chi connectivity index (χ3v) is 2.26. The summed E-state index contributed by atoms with van der Waals surface area (Å²) in [6.07, 6.45) is 0.997. The fourth-order valence-electron chi connectivity index (χ4n) is 1.34. The molecule has 0 atom stereocenters. The van der Waals surface area contributed by atoms with Crippen LogP contribution in [0.25, 0.3) is 0 Å². The molecule has 0 amide bonds. The molecule has 1 aromatic carbocycles. The van der Waals surface area contributed by atoms with E-state index in [-0.39, 0.29) is 12.3 Å². The molecule has 0 unspecified atom stereocenters. The van der Waals surface area contributed by atoms with Gasteiger partial charge in [-0.1, -0.05) is 12.1 Å². The van der Waals surface area contributed by atoms with Gasteiger partial charge in [-0.15, -0.1) is 0 Å². The third kappa shape index (κ3) is 4.44. The molecule has 0 radical (unpaired) electrons. The molecule has 1 aromatic rings. The van der Waals surface area contributed by atoms with E-state index in [2.05, 4.69) is 14.8 Å². The third-order valence-electron chi connectivity index (χ3n) is 2.26. The van der Waals surface area contributed by atoms with Gasteiger partial charge in [0, 0.05) is 5.69 Å². The number of benzene rings is 1. The monoisotopic (exact) mass is 265 g/mol. The van der Waals surface area contributed by atoms with Crippen LogP contribution in [0.15, 0.2) is 36.0 Å². The smallest absolute Gasteiger partial charge is 0.354 e. The lowest BCUT2D eigenvalue weighted by Gasteiger charge is -2.09. The molecule has 2 N–H and O–H groups in total. The second kappa shape index (κ2) is 7.17. The first-order valence-electron chi connectivity index (χ1n) is 5.45. The molecule has 0 saturated heterocycles. The lowest BCUT2D eigenvalue weighted by molar-refractivity contribution is -0.138. The highest BCUT2D eigenvalue weighted by atomic mass is 16.5. The summed E-state index contributed by atoms with van der Waals surface area (Å²) >= 11 is 0. The highest BCUT2D eigenvalue weighted by molar-refractivity contribution is 5.98. The average molecular weight is 265 g/mol. The number of nitrogens with one attached hydrogen (secondary N) is 1. The van der Waals surface area contributed by atoms with Gasteiger partial charge in [-0.3, -0.25) is 0 Å². The van der Waals surface area contributed by atoms with Gasteiger partial charge in [0.25, 0.3) is 0 Å². The number of anilines is 1. The number of ether oxygens (including phenoxy) is 2. The van der Waals surface area contributed by atoms with Crippen LogP contribution in [-0.4, -0.2) is 31.3 Å². The molecule has 1 rings (SSSR count). The second-order valence-electron chi connectivity index (χ2n) is 3.56. The Morgan fingerprint density at radius 1 is 1.32 bits per heavy atom. The maximum absolute atomic E-state index is 11.5. The van der Waals surface area contributed by atoms with E-state index in [9.17, 15) is 9.59 Å². The minimum Gasteiger partial charge on any atom is -0.466 e. The Morgan fingerprint density at radius 3 is 2.63 bits per heavy atom. The quantitative estimate of drug-likeness (QED) is 0.605. The number of aliphatic hydroxyl groups excluding tert-OH is 1. The number of rotatable bonds is 5. The van der Waals surface area contributed by atoms with E-state index < -0.39 is 11.9 Å². The Labute approximate surface area is 110 Å². The van der Waals surface area contributed by atoms with Crippen molar-refractivity contribution in [3.8, 4) is 0 Å². The minimum absolute atomic E-state index is 0.0514. The summed E-state index contributed by atoms with van der Waals surface area (Å²) in [5, 5.41) is 11.8. The van der Waals surface area contributed by atoms with Gasteiger partial charge >= 0.3 is 11.9 Å². The van der Waals surface area contributed by atoms with E-state index in [0.29, 0.717) is 11.3 Å². The molecule has 0 heterocycles. The summed E-state index contributed by atoms with van der Waals surface area (Å²) in [6.45, 7) is -0.121. The minimum atomic E-state index is -0.695. The number of methoxy groups -OCH3 is 2. The zero-order valence-corrected chi connectivity index (χ0v) is 10.7. The highest BCUT2D eigenvalue weighted by Gasteiger charge is 2.12. The number of esters is 2. The molecule has 102 valence electrons. The van der Waals surface area contributed by atoms with Crippen molar-refractivity contribution in [1.82, 2.24) is 0 Å². The normalized spacial score (nSPS) is 10.8. The number of hydrogen-bond donors (Lipinski definition) is 2. The van der Waals surface area contributed by atoms with Crippen molar-refractivity contribution >= 4 is 17.6 Å². The van der Waals surface area contributed by atoms with Crippen molar-refractivity contribution in [2.24, 2.45) is 0 Å². The van der Waals surface area contributed by atoms with Crippen molar-refractivity contribution in [2.45, 2.75) is 6.61 Å². The zero-order valence-electron chi connectivity index (χ0n) is 10.7. The van der Waals surface area contributed by atoms with Gasteiger partial charge in [-0.05, 0) is 17.7 Å². The maximum atomic E-state index is 11.5. The molecule has 0 aromatic heterocycles. The Balaban J connectivity index is 2.97. The zero-order chi connectivity index (χ0) is 14.3. The van der Waals surface area contributed by atoms with Crippen LogP contribution >= 0.6 is 0 Å². The summed E-state index contributed by atoms with van der Waals surface area (Å²) in [5.74, 6) is -1.37. The van der Waals surface area contributed by atoms with E-state index in [0.717, 1.165) is 6.08 Å². The molecule has 0 aliphatic heterocycles. The number of hydrogen-bond acceptors (Lipinski definition) is 6. The first-order valence-corrected chi connectivity index (χ1v) is 5.45. The number of carbonyl (C=O) groups excluding carboxylic acids is 2. The van der Waals surface area contributed by atoms with E-state index in [1.165, 1.54) is 14.2 Å². The van der Waals surface area contributed by atoms with Crippen molar-refractivity contribution in [2.75, 3.05) is 19.5 Å². The van der Waals surface area contributed by atoms with Gasteiger partial charge < -0.3 is 19.9 Å². The summed E-state index contributed by atoms with van der Waals surface area (Å²) in [4.78, 5) is 22.7. The largest absolute Gasteiger partial charge is 0.466 e. The van der Waals surface area contributed by atoms with Crippen LogP contribution in [0.3, 0.4) is 0 Å². The van der Waals surface area contributed by atoms with Crippen LogP contribution in [0.5, 0.6) is 0 Å². The average Bonchev–Trinajstić information content (AvgIpc) is 2.45. The maximum Gasteiger partial charge on any atom is 0.354 e. The first kappa shape index (κ1) is 14.7. The standard InChI is InChI=1S/C13H15NO5/c1-18-12(16)7-11(13(17)19-2)14-10-5-3-4-9(6-10)8-15/h3-7,14-15H,8H2,1-2H3/b11-7+. The summed E-state index contributed by atoms with van der Waals surface area (Å²) in [5.41, 5.74) is 1.17. The van der Waals surface area contributed by atoms with Crippen LogP contribution in [0, 0.1) is 0 Å². The Kier molecular flexibility index (Phi) is 5.56. The molecule has 0 aliphatic carbocycles. The number of aliphatic hydroxyl groups is 1. The summed E-state index contributed by atoms with van der Waals surface area (Å²) in [6, 6.07) is 6.77. The van der Waals surface area contributed by atoms with Crippen molar-refractivity contribution in [1.29, 1.82) is 0 Å². The molecule has 0 bridgehead atoms. The fraction of sp³-hybridized carbons (Fsp3) is 0.231. The van der Waals surface area contributed by atoms with Gasteiger partial charge in [0.15, 0.2) is 0 Å². The molecular formula is C13H15NO5. The van der Waals surface area contributed by atoms with Crippen LogP contribution < -0.4 is 5.32 Å². The second-order valence-corrected chi connectivity index (χ2v) is 3.56.